The van der Waals surface area contributed by atoms with Gasteiger partial charge in [-0.15, -0.1) is 0 Å². The molecule has 3 saturated heterocycles. The number of carbonyl (C=O) groups excluding carboxylic acids is 4. The third-order valence-corrected chi connectivity index (χ3v) is 6.59. The highest BCUT2D eigenvalue weighted by atomic mass is 32.2. The molecule has 3 fully saturated rings. The topological polar surface area (TPSA) is 98.6 Å². The van der Waals surface area contributed by atoms with E-state index >= 15 is 0 Å². The quantitative estimate of drug-likeness (QED) is 0.573. The van der Waals surface area contributed by atoms with Crippen LogP contribution in [0.4, 0.5) is 0 Å². The maximum absolute atomic E-state index is 13.0. The normalized spacial score (nSPS) is 29.4. The van der Waals surface area contributed by atoms with Crippen molar-refractivity contribution in [2.24, 2.45) is 5.92 Å². The van der Waals surface area contributed by atoms with E-state index in [2.05, 4.69) is 10.6 Å². The summed E-state index contributed by atoms with van der Waals surface area (Å²) >= 11 is 1.25. The molecule has 3 aliphatic heterocycles. The molecular weight excluding hydrogens is 392 g/mol. The molecule has 0 aromatic carbocycles. The second-order valence-corrected chi connectivity index (χ2v) is 9.76. The van der Waals surface area contributed by atoms with E-state index in [1.54, 1.807) is 4.90 Å². The van der Waals surface area contributed by atoms with E-state index in [-0.39, 0.29) is 53.8 Å². The van der Waals surface area contributed by atoms with E-state index in [0.29, 0.717) is 25.9 Å². The Hall–Kier alpha value is -1.61. The number of rotatable bonds is 7. The van der Waals surface area contributed by atoms with Crippen molar-refractivity contribution >= 4 is 34.6 Å². The monoisotopic (exact) mass is 424 g/mol. The first-order chi connectivity index (χ1) is 13.8. The Kier molecular flexibility index (Phi) is 7.21. The molecule has 0 unspecified atom stereocenters. The number of nitrogens with zero attached hydrogens (tertiary/aromatic N) is 2. The molecule has 162 valence electrons. The van der Waals surface area contributed by atoms with E-state index in [4.69, 9.17) is 0 Å². The summed E-state index contributed by atoms with van der Waals surface area (Å²) in [7, 11) is 0. The van der Waals surface area contributed by atoms with Crippen LogP contribution in [0.5, 0.6) is 0 Å². The lowest BCUT2D eigenvalue weighted by Crippen LogP contribution is -2.56. The lowest BCUT2D eigenvalue weighted by atomic mass is 10.0. The van der Waals surface area contributed by atoms with Crippen molar-refractivity contribution in [3.05, 3.63) is 0 Å². The molecule has 3 heterocycles. The van der Waals surface area contributed by atoms with E-state index in [1.807, 2.05) is 25.7 Å². The number of carbonyl (C=O) groups is 4. The molecule has 3 amide bonds. The fourth-order valence-corrected chi connectivity index (χ4v) is 4.98. The van der Waals surface area contributed by atoms with Gasteiger partial charge in [0.05, 0.1) is 12.1 Å². The van der Waals surface area contributed by atoms with Crippen molar-refractivity contribution in [3.8, 4) is 0 Å². The fourth-order valence-electron chi connectivity index (χ4n) is 4.41. The highest BCUT2D eigenvalue weighted by Gasteiger charge is 2.55. The summed E-state index contributed by atoms with van der Waals surface area (Å²) < 4.78 is 0. The third kappa shape index (κ3) is 5.12. The number of hydrogen-bond acceptors (Lipinski definition) is 6. The molecule has 29 heavy (non-hydrogen) atoms. The molecule has 0 saturated carbocycles. The van der Waals surface area contributed by atoms with E-state index in [1.165, 1.54) is 11.8 Å². The first kappa shape index (κ1) is 22.1. The van der Waals surface area contributed by atoms with Gasteiger partial charge in [0.2, 0.25) is 17.7 Å². The predicted octanol–water partition coefficient (Wildman–Crippen LogP) is 0.361. The Bertz CT molecular complexity index is 671. The molecule has 9 heteroatoms. The van der Waals surface area contributed by atoms with Gasteiger partial charge < -0.3 is 15.5 Å². The molecule has 0 bridgehead atoms. The molecule has 2 N–H and O–H groups in total. The van der Waals surface area contributed by atoms with Crippen LogP contribution in [-0.4, -0.2) is 82.2 Å². The molecule has 3 rings (SSSR count). The Labute approximate surface area is 176 Å². The van der Waals surface area contributed by atoms with Crippen LogP contribution in [0.15, 0.2) is 0 Å². The molecule has 0 aromatic heterocycles. The average molecular weight is 425 g/mol. The second kappa shape index (κ2) is 9.47. The summed E-state index contributed by atoms with van der Waals surface area (Å²) in [5.74, 6) is 0.556. The minimum absolute atomic E-state index is 0.0560. The standard InChI is InChI=1S/C20H32N4O4S/c1-4-29-16(25)7-8-21-19(27)17-15-11-24(15)20(28)13(10-12(2)3)22-18(26)14-6-5-9-23(14)17/h12-15,17H,4-11H2,1-3H3,(H,21,27)(H,22,26)/t13-,14-,15-,17+,24?/m0/s1. The van der Waals surface area contributed by atoms with Crippen LogP contribution in [0.2, 0.25) is 0 Å². The summed E-state index contributed by atoms with van der Waals surface area (Å²) in [6, 6.07) is -1.65. The SMILES string of the molecule is CCSC(=O)CCNC(=O)[C@H]1[C@@H]2CN2C(=O)[C@H](CC(C)C)NC(=O)[C@@H]2CCCN21. The van der Waals surface area contributed by atoms with E-state index in [9.17, 15) is 19.2 Å². The lowest BCUT2D eigenvalue weighted by Gasteiger charge is -2.30. The van der Waals surface area contributed by atoms with Gasteiger partial charge in [-0.05, 0) is 37.5 Å². The van der Waals surface area contributed by atoms with Gasteiger partial charge in [-0.1, -0.05) is 32.5 Å². The van der Waals surface area contributed by atoms with Crippen LogP contribution in [0.25, 0.3) is 0 Å². The Morgan fingerprint density at radius 3 is 2.76 bits per heavy atom. The summed E-state index contributed by atoms with van der Waals surface area (Å²) in [6.07, 6.45) is 2.42. The van der Waals surface area contributed by atoms with Crippen molar-refractivity contribution < 1.29 is 19.2 Å². The van der Waals surface area contributed by atoms with Crippen molar-refractivity contribution in [1.29, 1.82) is 0 Å². The van der Waals surface area contributed by atoms with Gasteiger partial charge >= 0.3 is 0 Å². The first-order valence-electron chi connectivity index (χ1n) is 10.6. The van der Waals surface area contributed by atoms with Gasteiger partial charge in [0, 0.05) is 19.5 Å². The zero-order valence-corrected chi connectivity index (χ0v) is 18.3. The number of thioether (sulfide) groups is 1. The molecular formula is C20H32N4O4S. The van der Waals surface area contributed by atoms with Crippen molar-refractivity contribution in [1.82, 2.24) is 20.4 Å². The summed E-state index contributed by atoms with van der Waals surface area (Å²) in [6.45, 7) is 7.46. The van der Waals surface area contributed by atoms with Crippen molar-refractivity contribution in [2.45, 2.75) is 70.6 Å². The first-order valence-corrected chi connectivity index (χ1v) is 11.6. The number of amides is 3. The molecule has 8 nitrogen and oxygen atoms in total. The maximum Gasteiger partial charge on any atom is 0.245 e. The molecule has 0 spiro atoms. The van der Waals surface area contributed by atoms with Crippen LogP contribution in [0.1, 0.15) is 46.5 Å². The number of nitrogens with one attached hydrogen (secondary N) is 2. The molecule has 0 aromatic rings. The number of fused-ring (bicyclic) bond motifs is 2. The zero-order valence-electron chi connectivity index (χ0n) is 17.5. The highest BCUT2D eigenvalue weighted by molar-refractivity contribution is 8.13. The Morgan fingerprint density at radius 1 is 1.31 bits per heavy atom. The van der Waals surface area contributed by atoms with Crippen molar-refractivity contribution in [3.63, 3.8) is 0 Å². The maximum atomic E-state index is 13.0. The minimum Gasteiger partial charge on any atom is -0.354 e. The highest BCUT2D eigenvalue weighted by Crippen LogP contribution is 2.33. The smallest absolute Gasteiger partial charge is 0.245 e. The van der Waals surface area contributed by atoms with Crippen LogP contribution < -0.4 is 10.6 Å². The lowest BCUT2D eigenvalue weighted by molar-refractivity contribution is -0.133. The van der Waals surface area contributed by atoms with E-state index < -0.39 is 12.1 Å². The predicted molar refractivity (Wildman–Crippen MR) is 111 cm³/mol. The Morgan fingerprint density at radius 2 is 2.07 bits per heavy atom. The Balaban J connectivity index is 1.73. The largest absolute Gasteiger partial charge is 0.354 e. The summed E-state index contributed by atoms with van der Waals surface area (Å²) in [4.78, 5) is 54.3. The van der Waals surface area contributed by atoms with Gasteiger partial charge in [-0.3, -0.25) is 24.1 Å². The zero-order chi connectivity index (χ0) is 21.1. The molecule has 0 radical (unpaired) electrons. The summed E-state index contributed by atoms with van der Waals surface area (Å²) in [5.41, 5.74) is 0. The van der Waals surface area contributed by atoms with E-state index in [0.717, 1.165) is 12.2 Å². The number of hydrogen-bond donors (Lipinski definition) is 2. The average Bonchev–Trinajstić information content (AvgIpc) is 3.26. The van der Waals surface area contributed by atoms with Gasteiger partial charge in [0.25, 0.3) is 0 Å². The van der Waals surface area contributed by atoms with Gasteiger partial charge in [-0.2, -0.15) is 0 Å². The van der Waals surface area contributed by atoms with Crippen LogP contribution in [0.3, 0.4) is 0 Å². The summed E-state index contributed by atoms with van der Waals surface area (Å²) in [5, 5.41) is 5.87. The molecule has 0 aliphatic carbocycles. The van der Waals surface area contributed by atoms with Crippen LogP contribution in [-0.2, 0) is 19.2 Å². The van der Waals surface area contributed by atoms with Gasteiger partial charge in [0.1, 0.15) is 12.1 Å². The van der Waals surface area contributed by atoms with Crippen LogP contribution >= 0.6 is 11.8 Å². The van der Waals surface area contributed by atoms with Crippen LogP contribution in [0, 0.1) is 5.92 Å². The molecule has 4 atom stereocenters. The van der Waals surface area contributed by atoms with Crippen molar-refractivity contribution in [2.75, 3.05) is 25.4 Å². The van der Waals surface area contributed by atoms with Gasteiger partial charge in [0.15, 0.2) is 5.12 Å². The minimum atomic E-state index is -0.538. The second-order valence-electron chi connectivity index (χ2n) is 8.44. The molecule has 3 aliphatic rings. The van der Waals surface area contributed by atoms with Gasteiger partial charge in [-0.25, -0.2) is 0 Å². The third-order valence-electron chi connectivity index (χ3n) is 5.78. The fraction of sp³-hybridized carbons (Fsp3) is 0.800.